The minimum atomic E-state index is -0.00611. The quantitative estimate of drug-likeness (QED) is 0.740. The number of amides is 1. The summed E-state index contributed by atoms with van der Waals surface area (Å²) in [5, 5.41) is 0. The Morgan fingerprint density at radius 2 is 1.71 bits per heavy atom. The van der Waals surface area contributed by atoms with Crippen molar-refractivity contribution in [2.24, 2.45) is 0 Å². The zero-order chi connectivity index (χ0) is 12.4. The molecular weight excluding hydrogens is 218 g/mol. The van der Waals surface area contributed by atoms with E-state index in [9.17, 15) is 9.59 Å². The maximum atomic E-state index is 12.0. The lowest BCUT2D eigenvalue weighted by Crippen LogP contribution is -2.54. The molecule has 1 aromatic carbocycles. The third-order valence-electron chi connectivity index (χ3n) is 3.01. The molecule has 0 aromatic heterocycles. The van der Waals surface area contributed by atoms with Crippen molar-refractivity contribution < 1.29 is 14.3 Å². The van der Waals surface area contributed by atoms with Crippen molar-refractivity contribution in [2.75, 3.05) is 20.2 Å². The standard InChI is InChI=1S/C13H15NO3/c1-9(15)10-3-5-11(6-4-10)13(16)14-7-12(8-14)17-2/h3-6,12H,7-8H2,1-2H3. The van der Waals surface area contributed by atoms with Crippen LogP contribution in [0.15, 0.2) is 24.3 Å². The second-order valence-corrected chi connectivity index (χ2v) is 4.20. The van der Waals surface area contributed by atoms with Crippen LogP contribution in [0.5, 0.6) is 0 Å². The van der Waals surface area contributed by atoms with Crippen LogP contribution >= 0.6 is 0 Å². The fraction of sp³-hybridized carbons (Fsp3) is 0.385. The van der Waals surface area contributed by atoms with Crippen LogP contribution < -0.4 is 0 Å². The van der Waals surface area contributed by atoms with Gasteiger partial charge in [0, 0.05) is 31.3 Å². The summed E-state index contributed by atoms with van der Waals surface area (Å²) in [5.74, 6) is 0.000739. The van der Waals surface area contributed by atoms with Crippen LogP contribution in [-0.2, 0) is 4.74 Å². The van der Waals surface area contributed by atoms with E-state index in [2.05, 4.69) is 0 Å². The summed E-state index contributed by atoms with van der Waals surface area (Å²) in [6, 6.07) is 6.75. The van der Waals surface area contributed by atoms with Crippen LogP contribution in [0.2, 0.25) is 0 Å². The normalized spacial score (nSPS) is 15.5. The van der Waals surface area contributed by atoms with Gasteiger partial charge in [-0.25, -0.2) is 0 Å². The number of Topliss-reactive ketones (excluding diaryl/α,β-unsaturated/α-hetero) is 1. The molecule has 17 heavy (non-hydrogen) atoms. The van der Waals surface area contributed by atoms with Crippen LogP contribution in [0.3, 0.4) is 0 Å². The Morgan fingerprint density at radius 3 is 2.18 bits per heavy atom. The van der Waals surface area contributed by atoms with Gasteiger partial charge in [0.2, 0.25) is 0 Å². The molecule has 1 aliphatic heterocycles. The topological polar surface area (TPSA) is 46.6 Å². The van der Waals surface area contributed by atoms with Gasteiger partial charge in [-0.1, -0.05) is 12.1 Å². The summed E-state index contributed by atoms with van der Waals surface area (Å²) in [6.45, 7) is 2.79. The summed E-state index contributed by atoms with van der Waals surface area (Å²) in [5.41, 5.74) is 1.24. The lowest BCUT2D eigenvalue weighted by atomic mass is 10.1. The maximum Gasteiger partial charge on any atom is 0.254 e. The Balaban J connectivity index is 2.03. The molecule has 1 amide bonds. The van der Waals surface area contributed by atoms with E-state index in [1.54, 1.807) is 36.3 Å². The van der Waals surface area contributed by atoms with Crippen molar-refractivity contribution in [1.29, 1.82) is 0 Å². The van der Waals surface area contributed by atoms with Crippen LogP contribution in [0.25, 0.3) is 0 Å². The van der Waals surface area contributed by atoms with Crippen LogP contribution in [0.4, 0.5) is 0 Å². The number of hydrogen-bond acceptors (Lipinski definition) is 3. The van der Waals surface area contributed by atoms with Crippen molar-refractivity contribution in [3.8, 4) is 0 Å². The molecule has 0 aliphatic carbocycles. The number of benzene rings is 1. The number of methoxy groups -OCH3 is 1. The second kappa shape index (κ2) is 4.67. The van der Waals surface area contributed by atoms with Gasteiger partial charge >= 0.3 is 0 Å². The Bertz CT molecular complexity index is 432. The van der Waals surface area contributed by atoms with Crippen molar-refractivity contribution in [1.82, 2.24) is 4.90 Å². The number of likely N-dealkylation sites (tertiary alicyclic amines) is 1. The number of hydrogen-bond donors (Lipinski definition) is 0. The Labute approximate surface area is 100 Å². The first-order valence-corrected chi connectivity index (χ1v) is 5.55. The van der Waals surface area contributed by atoms with Crippen molar-refractivity contribution in [2.45, 2.75) is 13.0 Å². The van der Waals surface area contributed by atoms with Crippen molar-refractivity contribution in [3.63, 3.8) is 0 Å². The minimum Gasteiger partial charge on any atom is -0.378 e. The highest BCUT2D eigenvalue weighted by Crippen LogP contribution is 2.15. The first-order chi connectivity index (χ1) is 8.11. The molecular formula is C13H15NO3. The van der Waals surface area contributed by atoms with Gasteiger partial charge in [0.05, 0.1) is 6.10 Å². The number of rotatable bonds is 3. The van der Waals surface area contributed by atoms with E-state index in [1.807, 2.05) is 0 Å². The molecule has 0 atom stereocenters. The van der Waals surface area contributed by atoms with Gasteiger partial charge in [0.25, 0.3) is 5.91 Å². The highest BCUT2D eigenvalue weighted by Gasteiger charge is 2.30. The van der Waals surface area contributed by atoms with Crippen molar-refractivity contribution in [3.05, 3.63) is 35.4 Å². The largest absolute Gasteiger partial charge is 0.378 e. The molecule has 90 valence electrons. The lowest BCUT2D eigenvalue weighted by molar-refractivity contribution is -0.0191. The minimum absolute atomic E-state index is 0.00611. The fourth-order valence-corrected chi connectivity index (χ4v) is 1.78. The molecule has 0 unspecified atom stereocenters. The van der Waals surface area contributed by atoms with Crippen LogP contribution in [0.1, 0.15) is 27.6 Å². The molecule has 0 bridgehead atoms. The fourth-order valence-electron chi connectivity index (χ4n) is 1.78. The molecule has 1 saturated heterocycles. The van der Waals surface area contributed by atoms with Gasteiger partial charge in [0.1, 0.15) is 0 Å². The maximum absolute atomic E-state index is 12.0. The summed E-state index contributed by atoms with van der Waals surface area (Å²) >= 11 is 0. The molecule has 0 N–H and O–H groups in total. The van der Waals surface area contributed by atoms with Gasteiger partial charge in [0.15, 0.2) is 5.78 Å². The van der Waals surface area contributed by atoms with Gasteiger partial charge in [-0.2, -0.15) is 0 Å². The monoisotopic (exact) mass is 233 g/mol. The number of nitrogens with zero attached hydrogens (tertiary/aromatic N) is 1. The summed E-state index contributed by atoms with van der Waals surface area (Å²) in [6.07, 6.45) is 0.162. The summed E-state index contributed by atoms with van der Waals surface area (Å²) in [7, 11) is 1.65. The SMILES string of the molecule is COC1CN(C(=O)c2ccc(C(C)=O)cc2)C1. The van der Waals surface area contributed by atoms with Gasteiger partial charge < -0.3 is 9.64 Å². The van der Waals surface area contributed by atoms with Gasteiger partial charge in [-0.15, -0.1) is 0 Å². The van der Waals surface area contributed by atoms with Gasteiger partial charge in [-0.3, -0.25) is 9.59 Å². The third kappa shape index (κ3) is 2.36. The zero-order valence-corrected chi connectivity index (χ0v) is 9.97. The second-order valence-electron chi connectivity index (χ2n) is 4.20. The number of ether oxygens (including phenoxy) is 1. The Morgan fingerprint density at radius 1 is 1.18 bits per heavy atom. The molecule has 1 aliphatic rings. The van der Waals surface area contributed by atoms with Crippen LogP contribution in [0, 0.1) is 0 Å². The summed E-state index contributed by atoms with van der Waals surface area (Å²) in [4.78, 5) is 24.8. The van der Waals surface area contributed by atoms with E-state index in [4.69, 9.17) is 4.74 Å². The molecule has 1 heterocycles. The third-order valence-corrected chi connectivity index (χ3v) is 3.01. The zero-order valence-electron chi connectivity index (χ0n) is 9.97. The predicted molar refractivity (Wildman–Crippen MR) is 63.1 cm³/mol. The molecule has 2 rings (SSSR count). The average Bonchev–Trinajstić information content (AvgIpc) is 2.27. The van der Waals surface area contributed by atoms with Crippen LogP contribution in [-0.4, -0.2) is 42.9 Å². The van der Waals surface area contributed by atoms with E-state index in [-0.39, 0.29) is 17.8 Å². The first-order valence-electron chi connectivity index (χ1n) is 5.55. The molecule has 4 heteroatoms. The molecule has 0 spiro atoms. The molecule has 1 fully saturated rings. The number of ketones is 1. The number of carbonyl (C=O) groups is 2. The highest BCUT2D eigenvalue weighted by atomic mass is 16.5. The lowest BCUT2D eigenvalue weighted by Gasteiger charge is -2.38. The van der Waals surface area contributed by atoms with Crippen molar-refractivity contribution >= 4 is 11.7 Å². The van der Waals surface area contributed by atoms with E-state index in [1.165, 1.54) is 6.92 Å². The highest BCUT2D eigenvalue weighted by molar-refractivity contribution is 5.98. The number of carbonyl (C=O) groups excluding carboxylic acids is 2. The molecule has 4 nitrogen and oxygen atoms in total. The smallest absolute Gasteiger partial charge is 0.254 e. The van der Waals surface area contributed by atoms with E-state index in [0.717, 1.165) is 0 Å². The van der Waals surface area contributed by atoms with E-state index < -0.39 is 0 Å². The Kier molecular flexibility index (Phi) is 3.24. The average molecular weight is 233 g/mol. The van der Waals surface area contributed by atoms with Gasteiger partial charge in [-0.05, 0) is 19.1 Å². The first kappa shape index (κ1) is 11.8. The van der Waals surface area contributed by atoms with E-state index in [0.29, 0.717) is 24.2 Å². The molecule has 1 aromatic rings. The molecule has 0 radical (unpaired) electrons. The predicted octanol–water partition coefficient (Wildman–Crippen LogP) is 1.36. The molecule has 0 saturated carbocycles. The van der Waals surface area contributed by atoms with E-state index >= 15 is 0 Å². The Hall–Kier alpha value is -1.68. The summed E-state index contributed by atoms with van der Waals surface area (Å²) < 4.78 is 5.11.